The van der Waals surface area contributed by atoms with Crippen molar-refractivity contribution in [2.24, 2.45) is 0 Å². The van der Waals surface area contributed by atoms with Crippen molar-refractivity contribution in [2.45, 2.75) is 13.1 Å². The third-order valence-corrected chi connectivity index (χ3v) is 4.06. The molecule has 0 fully saturated rings. The summed E-state index contributed by atoms with van der Waals surface area (Å²) in [5.41, 5.74) is 0.410. The number of nitro groups is 2. The standard InChI is InChI=1S/C18H14N5O6.BrH/c24-17(13-1-5-15(6-2-13)22(26)27)9-20-11-19-21(12-20)10-18(25)14-3-7-16(8-4-14)23(28)29;/h1-8,11-12H,9-10H2;1H/q+1;/p-1. The molecule has 0 aliphatic rings. The SMILES string of the molecule is O=C(Cn1c[n+](CC(=O)c2ccc([N+](=O)[O-])cc2)cn1)c1ccc([N+](=O)[O-])cc1.[Br-]. The predicted molar refractivity (Wildman–Crippen MR) is 97.3 cm³/mol. The Morgan fingerprint density at radius 1 is 0.867 bits per heavy atom. The van der Waals surface area contributed by atoms with E-state index in [2.05, 4.69) is 5.10 Å². The normalized spacial score (nSPS) is 10.1. The third-order valence-electron chi connectivity index (χ3n) is 4.06. The molecule has 3 rings (SSSR count). The van der Waals surface area contributed by atoms with Gasteiger partial charge in [0.05, 0.1) is 9.85 Å². The van der Waals surface area contributed by atoms with Gasteiger partial charge in [0.1, 0.15) is 6.54 Å². The molecule has 0 aliphatic heterocycles. The summed E-state index contributed by atoms with van der Waals surface area (Å²) in [6.07, 6.45) is 2.86. The highest BCUT2D eigenvalue weighted by atomic mass is 79.9. The molecule has 11 nitrogen and oxygen atoms in total. The number of Topliss-reactive ketones (excluding diaryl/α,β-unsaturated/α-hetero) is 2. The lowest BCUT2D eigenvalue weighted by atomic mass is 10.1. The van der Waals surface area contributed by atoms with Gasteiger partial charge in [-0.2, -0.15) is 0 Å². The van der Waals surface area contributed by atoms with Crippen LogP contribution < -0.4 is 21.5 Å². The largest absolute Gasteiger partial charge is 1.00 e. The number of ketones is 2. The summed E-state index contributed by atoms with van der Waals surface area (Å²) in [6, 6.07) is 10.5. The molecule has 3 aromatic rings. The molecule has 12 heteroatoms. The zero-order valence-corrected chi connectivity index (χ0v) is 16.8. The quantitative estimate of drug-likeness (QED) is 0.171. The monoisotopic (exact) mass is 475 g/mol. The first-order valence-corrected chi connectivity index (χ1v) is 8.30. The molecule has 154 valence electrons. The Labute approximate surface area is 179 Å². The molecule has 0 saturated carbocycles. The Morgan fingerprint density at radius 3 is 1.80 bits per heavy atom. The Kier molecular flexibility index (Phi) is 7.20. The lowest BCUT2D eigenvalue weighted by Crippen LogP contribution is -3.00. The number of carbonyl (C=O) groups is 2. The fraction of sp³-hybridized carbons (Fsp3) is 0.111. The van der Waals surface area contributed by atoms with E-state index >= 15 is 0 Å². The van der Waals surface area contributed by atoms with Crippen molar-refractivity contribution in [1.29, 1.82) is 0 Å². The maximum atomic E-state index is 12.3. The van der Waals surface area contributed by atoms with E-state index in [1.54, 1.807) is 0 Å². The maximum Gasteiger partial charge on any atom is 0.269 e. The van der Waals surface area contributed by atoms with Gasteiger partial charge in [-0.15, -0.1) is 4.68 Å². The van der Waals surface area contributed by atoms with Gasteiger partial charge >= 0.3 is 0 Å². The van der Waals surface area contributed by atoms with Gasteiger partial charge in [-0.1, -0.05) is 0 Å². The number of rotatable bonds is 8. The third kappa shape index (κ3) is 5.38. The number of hydrogen-bond acceptors (Lipinski definition) is 7. The van der Waals surface area contributed by atoms with Gasteiger partial charge in [0, 0.05) is 40.5 Å². The molecule has 0 bridgehead atoms. The lowest BCUT2D eigenvalue weighted by Gasteiger charge is -1.99. The highest BCUT2D eigenvalue weighted by Crippen LogP contribution is 2.13. The van der Waals surface area contributed by atoms with Crippen molar-refractivity contribution in [2.75, 3.05) is 0 Å². The summed E-state index contributed by atoms with van der Waals surface area (Å²) < 4.78 is 2.82. The van der Waals surface area contributed by atoms with Crippen LogP contribution in [0.5, 0.6) is 0 Å². The molecule has 0 atom stereocenters. The lowest BCUT2D eigenvalue weighted by molar-refractivity contribution is -0.683. The Bertz CT molecular complexity index is 1010. The van der Waals surface area contributed by atoms with Crippen molar-refractivity contribution in [1.82, 2.24) is 9.78 Å². The van der Waals surface area contributed by atoms with Crippen LogP contribution in [0.3, 0.4) is 0 Å². The fourth-order valence-electron chi connectivity index (χ4n) is 2.56. The van der Waals surface area contributed by atoms with Crippen molar-refractivity contribution in [3.05, 3.63) is 92.5 Å². The minimum atomic E-state index is -0.549. The molecule has 1 aromatic heterocycles. The van der Waals surface area contributed by atoms with Crippen molar-refractivity contribution in [3.63, 3.8) is 0 Å². The minimum absolute atomic E-state index is 0. The highest BCUT2D eigenvalue weighted by Gasteiger charge is 2.17. The molecule has 2 aromatic carbocycles. The molecule has 0 amide bonds. The summed E-state index contributed by atoms with van der Waals surface area (Å²) >= 11 is 0. The van der Waals surface area contributed by atoms with E-state index in [1.807, 2.05) is 0 Å². The number of halogens is 1. The summed E-state index contributed by atoms with van der Waals surface area (Å²) in [6.45, 7) is -0.153. The predicted octanol–water partition coefficient (Wildman–Crippen LogP) is -1.24. The maximum absolute atomic E-state index is 12.3. The second-order valence-corrected chi connectivity index (χ2v) is 6.07. The van der Waals surface area contributed by atoms with Gasteiger partial charge in [-0.25, -0.2) is 4.57 Å². The zero-order chi connectivity index (χ0) is 21.0. The molecule has 30 heavy (non-hydrogen) atoms. The van der Waals surface area contributed by atoms with Crippen molar-refractivity contribution in [3.8, 4) is 0 Å². The molecule has 0 N–H and O–H groups in total. The molecule has 1 heterocycles. The average molecular weight is 476 g/mol. The topological polar surface area (TPSA) is 142 Å². The van der Waals surface area contributed by atoms with Gasteiger partial charge in [-0.05, 0) is 24.3 Å². The van der Waals surface area contributed by atoms with E-state index in [0.29, 0.717) is 11.1 Å². The van der Waals surface area contributed by atoms with Crippen LogP contribution in [0.2, 0.25) is 0 Å². The van der Waals surface area contributed by atoms with E-state index in [-0.39, 0.29) is 53.0 Å². The first-order valence-electron chi connectivity index (χ1n) is 8.30. The van der Waals surface area contributed by atoms with Crippen LogP contribution in [-0.2, 0) is 13.1 Å². The number of carbonyl (C=O) groups excluding carboxylic acids is 2. The number of nitrogens with zero attached hydrogens (tertiary/aromatic N) is 5. The number of benzene rings is 2. The Balaban J connectivity index is 0.00000320. The average Bonchev–Trinajstić information content (AvgIpc) is 3.14. The molecule has 0 aliphatic carbocycles. The van der Waals surface area contributed by atoms with E-state index in [4.69, 9.17) is 0 Å². The first-order chi connectivity index (χ1) is 13.8. The van der Waals surface area contributed by atoms with Crippen LogP contribution in [0.25, 0.3) is 0 Å². The van der Waals surface area contributed by atoms with Crippen LogP contribution in [-0.4, -0.2) is 31.2 Å². The Hall–Kier alpha value is -3.80. The van der Waals surface area contributed by atoms with Crippen molar-refractivity contribution >= 4 is 22.9 Å². The van der Waals surface area contributed by atoms with Gasteiger partial charge in [0.25, 0.3) is 17.7 Å². The number of hydrogen-bond donors (Lipinski definition) is 0. The van der Waals surface area contributed by atoms with E-state index in [1.165, 1.54) is 70.4 Å². The number of non-ortho nitro benzene ring substituents is 2. The van der Waals surface area contributed by atoms with Crippen molar-refractivity contribution < 1.29 is 41.0 Å². The molecule has 0 saturated heterocycles. The molecular formula is C18H14BrN5O6. The van der Waals surface area contributed by atoms with Gasteiger partial charge in [-0.3, -0.25) is 29.8 Å². The van der Waals surface area contributed by atoms with Crippen LogP contribution in [0.1, 0.15) is 20.7 Å². The van der Waals surface area contributed by atoms with Crippen LogP contribution in [0.4, 0.5) is 11.4 Å². The summed E-state index contributed by atoms with van der Waals surface area (Å²) in [5, 5.41) is 25.3. The van der Waals surface area contributed by atoms with Gasteiger partial charge < -0.3 is 17.0 Å². The fourth-order valence-corrected chi connectivity index (χ4v) is 2.56. The smallest absolute Gasteiger partial charge is 0.269 e. The minimum Gasteiger partial charge on any atom is -1.00 e. The molecule has 0 spiro atoms. The first kappa shape index (κ1) is 22.5. The molecule has 0 unspecified atom stereocenters. The van der Waals surface area contributed by atoms with Gasteiger partial charge in [0.15, 0.2) is 18.1 Å². The van der Waals surface area contributed by atoms with Crippen LogP contribution >= 0.6 is 0 Å². The Morgan fingerprint density at radius 2 is 1.33 bits per heavy atom. The second kappa shape index (κ2) is 9.60. The summed E-state index contributed by atoms with van der Waals surface area (Å²) in [4.78, 5) is 44.8. The van der Waals surface area contributed by atoms with E-state index in [9.17, 15) is 29.8 Å². The zero-order valence-electron chi connectivity index (χ0n) is 15.3. The second-order valence-electron chi connectivity index (χ2n) is 6.07. The van der Waals surface area contributed by atoms with Gasteiger partial charge in [0.2, 0.25) is 6.33 Å². The van der Waals surface area contributed by atoms with E-state index in [0.717, 1.165) is 0 Å². The highest BCUT2D eigenvalue weighted by molar-refractivity contribution is 5.96. The number of aromatic nitrogens is 3. The molecular weight excluding hydrogens is 462 g/mol. The van der Waals surface area contributed by atoms with Crippen LogP contribution in [0.15, 0.2) is 61.2 Å². The summed E-state index contributed by atoms with van der Waals surface area (Å²) in [5.74, 6) is -0.567. The van der Waals surface area contributed by atoms with E-state index < -0.39 is 9.85 Å². The molecule has 0 radical (unpaired) electrons. The van der Waals surface area contributed by atoms with Crippen LogP contribution in [0, 0.1) is 20.2 Å². The summed E-state index contributed by atoms with van der Waals surface area (Å²) in [7, 11) is 0. The number of nitro benzene ring substituents is 2.